The Labute approximate surface area is 131 Å². The van der Waals surface area contributed by atoms with Crippen molar-refractivity contribution in [1.82, 2.24) is 0 Å². The molecule has 0 saturated carbocycles. The zero-order chi connectivity index (χ0) is 15.9. The van der Waals surface area contributed by atoms with Crippen molar-refractivity contribution in [1.29, 1.82) is 0 Å². The molecule has 0 saturated heterocycles. The molecule has 0 aliphatic rings. The summed E-state index contributed by atoms with van der Waals surface area (Å²) in [6.07, 6.45) is 0. The van der Waals surface area contributed by atoms with Crippen LogP contribution in [0.1, 0.15) is 37.1 Å². The second kappa shape index (κ2) is 7.59. The molecule has 22 heavy (non-hydrogen) atoms. The summed E-state index contributed by atoms with van der Waals surface area (Å²) in [7, 11) is 3.33. The Morgan fingerprint density at radius 2 is 1.05 bits per heavy atom. The van der Waals surface area contributed by atoms with Crippen LogP contribution in [0.3, 0.4) is 0 Å². The van der Waals surface area contributed by atoms with Gasteiger partial charge in [-0.25, -0.2) is 0 Å². The molecule has 0 heterocycles. The zero-order valence-electron chi connectivity index (χ0n) is 13.5. The summed E-state index contributed by atoms with van der Waals surface area (Å²) in [5.74, 6) is 1.66. The molecule has 2 aromatic carbocycles. The van der Waals surface area contributed by atoms with E-state index >= 15 is 0 Å². The largest absolute Gasteiger partial charge is 0.496 e. The van der Waals surface area contributed by atoms with Crippen molar-refractivity contribution in [2.24, 2.45) is 10.2 Å². The number of para-hydroxylation sites is 2. The van der Waals surface area contributed by atoms with E-state index in [2.05, 4.69) is 10.2 Å². The first-order valence-electron chi connectivity index (χ1n) is 7.33. The van der Waals surface area contributed by atoms with Crippen LogP contribution in [-0.4, -0.2) is 14.2 Å². The van der Waals surface area contributed by atoms with Gasteiger partial charge in [0.15, 0.2) is 0 Å². The number of benzene rings is 2. The Bertz CT molecular complexity index is 585. The quantitative estimate of drug-likeness (QED) is 0.706. The molecule has 0 fully saturated rings. The second-order valence-corrected chi connectivity index (χ2v) is 5.07. The summed E-state index contributed by atoms with van der Waals surface area (Å²) in [5.41, 5.74) is 2.06. The number of nitrogens with zero attached hydrogens (tertiary/aromatic N) is 2. The van der Waals surface area contributed by atoms with Crippen molar-refractivity contribution < 1.29 is 9.47 Å². The van der Waals surface area contributed by atoms with Crippen molar-refractivity contribution in [2.45, 2.75) is 25.9 Å². The lowest BCUT2D eigenvalue weighted by Crippen LogP contribution is -1.97. The molecule has 2 atom stereocenters. The van der Waals surface area contributed by atoms with E-state index in [0.717, 1.165) is 22.6 Å². The van der Waals surface area contributed by atoms with Crippen molar-refractivity contribution in [3.05, 3.63) is 59.7 Å². The van der Waals surface area contributed by atoms with Gasteiger partial charge in [0.25, 0.3) is 0 Å². The Morgan fingerprint density at radius 1 is 0.682 bits per heavy atom. The predicted molar refractivity (Wildman–Crippen MR) is 87.7 cm³/mol. The van der Waals surface area contributed by atoms with E-state index in [1.807, 2.05) is 62.4 Å². The van der Waals surface area contributed by atoms with Gasteiger partial charge in [0.1, 0.15) is 11.5 Å². The molecule has 0 spiro atoms. The fourth-order valence-electron chi connectivity index (χ4n) is 2.35. The van der Waals surface area contributed by atoms with Gasteiger partial charge in [-0.2, -0.15) is 10.2 Å². The van der Waals surface area contributed by atoms with Gasteiger partial charge in [-0.05, 0) is 26.0 Å². The van der Waals surface area contributed by atoms with Crippen LogP contribution in [0, 0.1) is 0 Å². The van der Waals surface area contributed by atoms with Crippen LogP contribution in [0.5, 0.6) is 11.5 Å². The van der Waals surface area contributed by atoms with Crippen LogP contribution in [0.15, 0.2) is 58.8 Å². The number of azo groups is 1. The SMILES string of the molecule is COc1ccccc1C(C)N=NC(C)c1ccccc1OC. The maximum Gasteiger partial charge on any atom is 0.124 e. The summed E-state index contributed by atoms with van der Waals surface area (Å²) in [6.45, 7) is 4.02. The average molecular weight is 298 g/mol. The van der Waals surface area contributed by atoms with Crippen LogP contribution < -0.4 is 9.47 Å². The minimum Gasteiger partial charge on any atom is -0.496 e. The van der Waals surface area contributed by atoms with Gasteiger partial charge >= 0.3 is 0 Å². The van der Waals surface area contributed by atoms with Crippen molar-refractivity contribution >= 4 is 0 Å². The molecule has 0 bridgehead atoms. The first-order valence-corrected chi connectivity index (χ1v) is 7.33. The van der Waals surface area contributed by atoms with E-state index < -0.39 is 0 Å². The van der Waals surface area contributed by atoms with E-state index in [1.54, 1.807) is 14.2 Å². The lowest BCUT2D eigenvalue weighted by atomic mass is 10.1. The summed E-state index contributed by atoms with van der Waals surface area (Å²) >= 11 is 0. The summed E-state index contributed by atoms with van der Waals surface area (Å²) in [6, 6.07) is 15.6. The minimum atomic E-state index is -0.0618. The fourth-order valence-corrected chi connectivity index (χ4v) is 2.35. The number of ether oxygens (including phenoxy) is 2. The van der Waals surface area contributed by atoms with E-state index in [0.29, 0.717) is 0 Å². The third-order valence-electron chi connectivity index (χ3n) is 3.59. The topological polar surface area (TPSA) is 43.2 Å². The highest BCUT2D eigenvalue weighted by Crippen LogP contribution is 2.31. The number of hydrogen-bond acceptors (Lipinski definition) is 4. The van der Waals surface area contributed by atoms with Crippen molar-refractivity contribution in [3.63, 3.8) is 0 Å². The Hall–Kier alpha value is -2.36. The molecule has 0 aliphatic carbocycles. The van der Waals surface area contributed by atoms with Crippen LogP contribution >= 0.6 is 0 Å². The lowest BCUT2D eigenvalue weighted by molar-refractivity contribution is 0.403. The predicted octanol–water partition coefficient (Wildman–Crippen LogP) is 4.98. The highest BCUT2D eigenvalue weighted by Gasteiger charge is 2.12. The normalized spacial score (nSPS) is 13.8. The zero-order valence-corrected chi connectivity index (χ0v) is 13.5. The van der Waals surface area contributed by atoms with Gasteiger partial charge in [-0.15, -0.1) is 0 Å². The van der Waals surface area contributed by atoms with Gasteiger partial charge in [-0.3, -0.25) is 0 Å². The molecule has 0 N–H and O–H groups in total. The summed E-state index contributed by atoms with van der Waals surface area (Å²) in [5, 5.41) is 8.89. The molecule has 2 rings (SSSR count). The van der Waals surface area contributed by atoms with E-state index in [4.69, 9.17) is 9.47 Å². The third-order valence-corrected chi connectivity index (χ3v) is 3.59. The van der Waals surface area contributed by atoms with Crippen molar-refractivity contribution in [3.8, 4) is 11.5 Å². The highest BCUT2D eigenvalue weighted by atomic mass is 16.5. The monoisotopic (exact) mass is 298 g/mol. The minimum absolute atomic E-state index is 0.0618. The lowest BCUT2D eigenvalue weighted by Gasteiger charge is -2.13. The number of rotatable bonds is 6. The maximum atomic E-state index is 5.37. The molecule has 0 aromatic heterocycles. The first kappa shape index (κ1) is 16.0. The van der Waals surface area contributed by atoms with Gasteiger partial charge < -0.3 is 9.47 Å². The van der Waals surface area contributed by atoms with Gasteiger partial charge in [0, 0.05) is 11.1 Å². The summed E-state index contributed by atoms with van der Waals surface area (Å²) in [4.78, 5) is 0. The maximum absolute atomic E-state index is 5.37. The molecule has 4 heteroatoms. The third kappa shape index (κ3) is 3.64. The molecule has 116 valence electrons. The smallest absolute Gasteiger partial charge is 0.124 e. The number of hydrogen-bond donors (Lipinski definition) is 0. The number of methoxy groups -OCH3 is 2. The van der Waals surface area contributed by atoms with E-state index in [-0.39, 0.29) is 12.1 Å². The van der Waals surface area contributed by atoms with Crippen LogP contribution in [0.25, 0.3) is 0 Å². The molecule has 0 radical (unpaired) electrons. The van der Waals surface area contributed by atoms with Gasteiger partial charge in [0.05, 0.1) is 26.3 Å². The molecule has 0 aliphatic heterocycles. The Morgan fingerprint density at radius 3 is 1.41 bits per heavy atom. The first-order chi connectivity index (χ1) is 10.7. The molecule has 4 nitrogen and oxygen atoms in total. The van der Waals surface area contributed by atoms with Gasteiger partial charge in [0.2, 0.25) is 0 Å². The molecule has 0 amide bonds. The standard InChI is InChI=1S/C18H22N2O2/c1-13(15-9-5-7-11-17(15)21-3)19-20-14(2)16-10-6-8-12-18(16)22-4/h5-14H,1-4H3. The Balaban J connectivity index is 2.17. The summed E-state index contributed by atoms with van der Waals surface area (Å²) < 4.78 is 10.7. The van der Waals surface area contributed by atoms with Crippen LogP contribution in [-0.2, 0) is 0 Å². The van der Waals surface area contributed by atoms with E-state index in [1.165, 1.54) is 0 Å². The average Bonchev–Trinajstić information content (AvgIpc) is 2.59. The molecule has 2 aromatic rings. The van der Waals surface area contributed by atoms with Crippen LogP contribution in [0.2, 0.25) is 0 Å². The van der Waals surface area contributed by atoms with Gasteiger partial charge in [-0.1, -0.05) is 36.4 Å². The molecular formula is C18H22N2O2. The molecule has 2 unspecified atom stereocenters. The fraction of sp³-hybridized carbons (Fsp3) is 0.333. The second-order valence-electron chi connectivity index (χ2n) is 5.07. The van der Waals surface area contributed by atoms with Crippen molar-refractivity contribution in [2.75, 3.05) is 14.2 Å². The Kier molecular flexibility index (Phi) is 5.53. The highest BCUT2D eigenvalue weighted by molar-refractivity contribution is 5.36. The van der Waals surface area contributed by atoms with Crippen LogP contribution in [0.4, 0.5) is 0 Å². The molecular weight excluding hydrogens is 276 g/mol. The van der Waals surface area contributed by atoms with E-state index in [9.17, 15) is 0 Å².